The lowest BCUT2D eigenvalue weighted by atomic mass is 10.0. The van der Waals surface area contributed by atoms with Gasteiger partial charge in [0.05, 0.1) is 24.0 Å². The van der Waals surface area contributed by atoms with Gasteiger partial charge < -0.3 is 23.7 Å². The van der Waals surface area contributed by atoms with E-state index in [2.05, 4.69) is 51.8 Å². The van der Waals surface area contributed by atoms with Gasteiger partial charge in [0, 0.05) is 55.4 Å². The lowest BCUT2D eigenvalue weighted by Crippen LogP contribution is -2.38. The SMILES string of the molecule is C=CC(=O)N(C)c1cccc(-c2ccc3cc(-c4nc5cc(C(=O)N6CC7CCC6[C@@H]7C)cc(OC)c5n4C)n(CC4CC4)c3n2)c1C. The molecule has 1 aliphatic heterocycles. The highest BCUT2D eigenvalue weighted by Crippen LogP contribution is 2.44. The van der Waals surface area contributed by atoms with Crippen molar-refractivity contribution in [1.29, 1.82) is 0 Å². The van der Waals surface area contributed by atoms with Gasteiger partial charge in [0.25, 0.3) is 5.91 Å². The van der Waals surface area contributed by atoms with Crippen LogP contribution in [0.5, 0.6) is 5.75 Å². The van der Waals surface area contributed by atoms with E-state index >= 15 is 0 Å². The van der Waals surface area contributed by atoms with Gasteiger partial charge in [-0.3, -0.25) is 9.59 Å². The molecule has 4 heterocycles. The Labute approximate surface area is 280 Å². The summed E-state index contributed by atoms with van der Waals surface area (Å²) in [6, 6.07) is 16.5. The largest absolute Gasteiger partial charge is 0.494 e. The van der Waals surface area contributed by atoms with Crippen LogP contribution in [0.4, 0.5) is 5.69 Å². The van der Waals surface area contributed by atoms with Crippen molar-refractivity contribution in [3.63, 3.8) is 0 Å². The van der Waals surface area contributed by atoms with Gasteiger partial charge in [0.15, 0.2) is 5.82 Å². The fourth-order valence-electron chi connectivity index (χ4n) is 8.25. The number of benzene rings is 2. The number of methoxy groups -OCH3 is 1. The standard InChI is InChI=1S/C39H42N6O3/c1-7-35(46)42(4)31-10-8-9-28(23(31)3)29-15-13-25-18-33(44(37(25)40-29)20-24-11-12-24)38-41-30-17-27(19-34(48-6)36(30)43(38)5)39(47)45-21-26-14-16-32(45)22(26)2/h7-10,13,15,17-19,22,24,26,32H,1,11-12,14,16,20-21H2,2-6H3/t22-,26?,32?/m1/s1. The van der Waals surface area contributed by atoms with Crippen LogP contribution in [0.2, 0.25) is 0 Å². The first-order chi connectivity index (χ1) is 23.2. The maximum Gasteiger partial charge on any atom is 0.254 e. The van der Waals surface area contributed by atoms with E-state index in [4.69, 9.17) is 14.7 Å². The van der Waals surface area contributed by atoms with Crippen molar-refractivity contribution < 1.29 is 14.3 Å². The Morgan fingerprint density at radius 1 is 1.08 bits per heavy atom. The van der Waals surface area contributed by atoms with Crippen LogP contribution in [0.25, 0.3) is 44.8 Å². The monoisotopic (exact) mass is 642 g/mol. The molecule has 48 heavy (non-hydrogen) atoms. The number of ether oxygens (including phenoxy) is 1. The van der Waals surface area contributed by atoms with Gasteiger partial charge in [-0.25, -0.2) is 9.97 Å². The molecule has 1 saturated heterocycles. The lowest BCUT2D eigenvalue weighted by Gasteiger charge is -2.27. The Balaban J connectivity index is 1.23. The number of carbonyl (C=O) groups excluding carboxylic acids is 2. The molecular formula is C39H42N6O3. The van der Waals surface area contributed by atoms with Gasteiger partial charge in [-0.15, -0.1) is 0 Å². The van der Waals surface area contributed by atoms with E-state index in [0.717, 1.165) is 75.6 Å². The van der Waals surface area contributed by atoms with E-state index in [1.54, 1.807) is 19.1 Å². The van der Waals surface area contributed by atoms with Gasteiger partial charge in [-0.1, -0.05) is 25.6 Å². The lowest BCUT2D eigenvalue weighted by molar-refractivity contribution is -0.113. The van der Waals surface area contributed by atoms with Crippen molar-refractivity contribution in [2.75, 3.05) is 25.6 Å². The van der Waals surface area contributed by atoms with E-state index in [-0.39, 0.29) is 11.8 Å². The zero-order chi connectivity index (χ0) is 33.4. The fraction of sp³-hybridized carbons (Fsp3) is 0.385. The number of nitrogens with zero attached hydrogens (tertiary/aromatic N) is 6. The summed E-state index contributed by atoms with van der Waals surface area (Å²) in [5.74, 6) is 3.12. The Kier molecular flexibility index (Phi) is 7.20. The molecule has 5 aromatic rings. The normalized spacial score (nSPS) is 20.2. The van der Waals surface area contributed by atoms with Crippen LogP contribution in [0.15, 0.2) is 61.2 Å². The van der Waals surface area contributed by atoms with Gasteiger partial charge in [0.2, 0.25) is 5.91 Å². The van der Waals surface area contributed by atoms with E-state index in [9.17, 15) is 9.59 Å². The van der Waals surface area contributed by atoms with Crippen LogP contribution in [0.3, 0.4) is 0 Å². The maximum atomic E-state index is 13.8. The van der Waals surface area contributed by atoms with Crippen LogP contribution in [-0.2, 0) is 18.4 Å². The minimum absolute atomic E-state index is 0.0699. The minimum atomic E-state index is -0.158. The third kappa shape index (κ3) is 4.73. The molecule has 2 aromatic carbocycles. The number of aryl methyl sites for hydroxylation is 1. The van der Waals surface area contributed by atoms with E-state index in [1.165, 1.54) is 25.3 Å². The predicted molar refractivity (Wildman–Crippen MR) is 189 cm³/mol. The average Bonchev–Trinajstić information content (AvgIpc) is 3.50. The molecule has 2 amide bonds. The van der Waals surface area contributed by atoms with Crippen LogP contribution >= 0.6 is 0 Å². The molecular weight excluding hydrogens is 600 g/mol. The van der Waals surface area contributed by atoms with Gasteiger partial charge >= 0.3 is 0 Å². The average molecular weight is 643 g/mol. The number of carbonyl (C=O) groups is 2. The molecule has 2 bridgehead atoms. The number of aromatic nitrogens is 4. The minimum Gasteiger partial charge on any atom is -0.494 e. The first kappa shape index (κ1) is 30.4. The summed E-state index contributed by atoms with van der Waals surface area (Å²) >= 11 is 0. The van der Waals surface area contributed by atoms with E-state index < -0.39 is 0 Å². The highest BCUT2D eigenvalue weighted by atomic mass is 16.5. The van der Waals surface area contributed by atoms with E-state index in [0.29, 0.717) is 35.1 Å². The summed E-state index contributed by atoms with van der Waals surface area (Å²) in [6.07, 6.45) is 6.02. The summed E-state index contributed by atoms with van der Waals surface area (Å²) in [5.41, 5.74) is 7.76. The summed E-state index contributed by atoms with van der Waals surface area (Å²) in [7, 11) is 5.44. The van der Waals surface area contributed by atoms with Crippen molar-refractivity contribution in [3.05, 3.63) is 72.3 Å². The van der Waals surface area contributed by atoms with Crippen molar-refractivity contribution in [1.82, 2.24) is 24.0 Å². The Morgan fingerprint density at radius 3 is 2.58 bits per heavy atom. The molecule has 9 nitrogen and oxygen atoms in total. The first-order valence-electron chi connectivity index (χ1n) is 17.0. The topological polar surface area (TPSA) is 85.5 Å². The second kappa shape index (κ2) is 11.4. The molecule has 2 aliphatic carbocycles. The molecule has 246 valence electrons. The third-order valence-electron chi connectivity index (χ3n) is 11.2. The number of anilines is 1. The molecule has 3 aliphatic rings. The highest BCUT2D eigenvalue weighted by Gasteiger charge is 2.46. The van der Waals surface area contributed by atoms with Crippen molar-refractivity contribution >= 4 is 39.6 Å². The van der Waals surface area contributed by atoms with Crippen LogP contribution in [0, 0.1) is 24.7 Å². The van der Waals surface area contributed by atoms with Crippen LogP contribution in [0.1, 0.15) is 48.5 Å². The second-order valence-corrected chi connectivity index (χ2v) is 14.0. The first-order valence-corrected chi connectivity index (χ1v) is 17.0. The summed E-state index contributed by atoms with van der Waals surface area (Å²) in [5, 5.41) is 1.04. The fourth-order valence-corrected chi connectivity index (χ4v) is 8.25. The molecule has 0 N–H and O–H groups in total. The number of pyridine rings is 1. The smallest absolute Gasteiger partial charge is 0.254 e. The number of piperidine rings is 1. The van der Waals surface area contributed by atoms with Crippen molar-refractivity contribution in [3.8, 4) is 28.5 Å². The summed E-state index contributed by atoms with van der Waals surface area (Å²) in [6.45, 7) is 9.65. The number of imidazole rings is 1. The Hall–Kier alpha value is -4.92. The molecule has 9 heteroatoms. The molecule has 0 radical (unpaired) electrons. The van der Waals surface area contributed by atoms with Crippen molar-refractivity contribution in [2.24, 2.45) is 24.8 Å². The molecule has 3 fully saturated rings. The molecule has 2 saturated carbocycles. The Morgan fingerprint density at radius 2 is 1.90 bits per heavy atom. The predicted octanol–water partition coefficient (Wildman–Crippen LogP) is 7.00. The maximum absolute atomic E-state index is 13.8. The molecule has 0 spiro atoms. The van der Waals surface area contributed by atoms with E-state index in [1.807, 2.05) is 38.2 Å². The third-order valence-corrected chi connectivity index (χ3v) is 11.2. The Bertz CT molecular complexity index is 2140. The quantitative estimate of drug-likeness (QED) is 0.170. The number of rotatable bonds is 8. The number of likely N-dealkylation sites (tertiary alicyclic amines) is 1. The summed E-state index contributed by atoms with van der Waals surface area (Å²) < 4.78 is 10.3. The van der Waals surface area contributed by atoms with Gasteiger partial charge in [-0.05, 0) is 98.4 Å². The molecule has 8 rings (SSSR count). The number of hydrogen-bond donors (Lipinski definition) is 0. The zero-order valence-corrected chi connectivity index (χ0v) is 28.4. The van der Waals surface area contributed by atoms with Gasteiger partial charge in [-0.2, -0.15) is 0 Å². The number of amides is 2. The summed E-state index contributed by atoms with van der Waals surface area (Å²) in [4.78, 5) is 40.4. The molecule has 2 unspecified atom stereocenters. The zero-order valence-electron chi connectivity index (χ0n) is 28.4. The second-order valence-electron chi connectivity index (χ2n) is 14.0. The number of likely N-dealkylation sites (N-methyl/N-ethyl adjacent to an activating group) is 1. The van der Waals surface area contributed by atoms with Crippen LogP contribution in [-0.4, -0.2) is 62.6 Å². The van der Waals surface area contributed by atoms with Crippen LogP contribution < -0.4 is 9.64 Å². The molecule has 3 atom stereocenters. The van der Waals surface area contributed by atoms with Gasteiger partial charge in [0.1, 0.15) is 16.9 Å². The highest BCUT2D eigenvalue weighted by molar-refractivity contribution is 6.02. The van der Waals surface area contributed by atoms with Crippen molar-refractivity contribution in [2.45, 2.75) is 52.1 Å². The number of hydrogen-bond acceptors (Lipinski definition) is 5. The number of fused-ring (bicyclic) bond motifs is 4. The molecule has 3 aromatic heterocycles.